The molecular formula is C16H18O4S. The molecule has 2 unspecified atom stereocenters. The Hall–Kier alpha value is -1.85. The average Bonchev–Trinajstić information content (AvgIpc) is 2.50. The molecule has 0 amide bonds. The highest BCUT2D eigenvalue weighted by molar-refractivity contribution is 7.85. The Kier molecular flexibility index (Phi) is 4.65. The standard InChI is InChI=1S/C16H18O4S/c1-3-14(17)11-4-6-12(7-5-11)21(20)13-8-15(18)10(2)16(19)9-13/h4-9,14,17-19H,3H2,1-2H3. The van der Waals surface area contributed by atoms with Crippen LogP contribution in [0.3, 0.4) is 0 Å². The zero-order chi connectivity index (χ0) is 15.6. The topological polar surface area (TPSA) is 77.8 Å². The van der Waals surface area contributed by atoms with Gasteiger partial charge >= 0.3 is 0 Å². The van der Waals surface area contributed by atoms with Gasteiger partial charge in [-0.3, -0.25) is 0 Å². The van der Waals surface area contributed by atoms with Crippen molar-refractivity contribution in [3.8, 4) is 11.5 Å². The van der Waals surface area contributed by atoms with Crippen molar-refractivity contribution in [1.29, 1.82) is 0 Å². The SMILES string of the molecule is CCC(O)c1ccc(S(=O)c2cc(O)c(C)c(O)c2)cc1. The van der Waals surface area contributed by atoms with Gasteiger partial charge in [0.05, 0.1) is 21.8 Å². The van der Waals surface area contributed by atoms with Crippen molar-refractivity contribution in [1.82, 2.24) is 0 Å². The normalized spacial score (nSPS) is 13.9. The highest BCUT2D eigenvalue weighted by Crippen LogP contribution is 2.31. The van der Waals surface area contributed by atoms with E-state index in [4.69, 9.17) is 0 Å². The molecule has 2 aromatic rings. The predicted molar refractivity (Wildman–Crippen MR) is 80.9 cm³/mol. The van der Waals surface area contributed by atoms with Gasteiger partial charge in [0.15, 0.2) is 0 Å². The van der Waals surface area contributed by atoms with E-state index < -0.39 is 16.9 Å². The fraction of sp³-hybridized carbons (Fsp3) is 0.250. The lowest BCUT2D eigenvalue weighted by Gasteiger charge is -2.10. The number of rotatable bonds is 4. The third-order valence-corrected chi connectivity index (χ3v) is 4.77. The maximum Gasteiger partial charge on any atom is 0.123 e. The van der Waals surface area contributed by atoms with Gasteiger partial charge in [0, 0.05) is 10.5 Å². The third kappa shape index (κ3) is 3.25. The summed E-state index contributed by atoms with van der Waals surface area (Å²) in [5.41, 5.74) is 1.13. The van der Waals surface area contributed by atoms with Crippen molar-refractivity contribution in [3.05, 3.63) is 47.5 Å². The summed E-state index contributed by atoms with van der Waals surface area (Å²) in [4.78, 5) is 0.879. The Morgan fingerprint density at radius 1 is 1.05 bits per heavy atom. The summed E-state index contributed by atoms with van der Waals surface area (Å²) in [6.45, 7) is 3.47. The maximum absolute atomic E-state index is 12.4. The van der Waals surface area contributed by atoms with Crippen LogP contribution in [0.25, 0.3) is 0 Å². The predicted octanol–water partition coefficient (Wildman–Crippen LogP) is 3.02. The number of hydrogen-bond donors (Lipinski definition) is 3. The van der Waals surface area contributed by atoms with Gasteiger partial charge < -0.3 is 15.3 Å². The number of aliphatic hydroxyl groups is 1. The van der Waals surface area contributed by atoms with Crippen LogP contribution < -0.4 is 0 Å². The van der Waals surface area contributed by atoms with Gasteiger partial charge in [0.2, 0.25) is 0 Å². The molecule has 0 aliphatic heterocycles. The summed E-state index contributed by atoms with van der Waals surface area (Å²) in [7, 11) is -1.50. The van der Waals surface area contributed by atoms with Crippen molar-refractivity contribution in [2.24, 2.45) is 0 Å². The summed E-state index contributed by atoms with van der Waals surface area (Å²) < 4.78 is 12.4. The lowest BCUT2D eigenvalue weighted by atomic mass is 10.1. The first kappa shape index (κ1) is 15.5. The second kappa shape index (κ2) is 6.28. The molecule has 0 fully saturated rings. The van der Waals surface area contributed by atoms with Crippen LogP contribution in [0.2, 0.25) is 0 Å². The van der Waals surface area contributed by atoms with Gasteiger partial charge in [0.25, 0.3) is 0 Å². The van der Waals surface area contributed by atoms with E-state index in [1.54, 1.807) is 31.2 Å². The van der Waals surface area contributed by atoms with Crippen LogP contribution in [0.15, 0.2) is 46.2 Å². The quantitative estimate of drug-likeness (QED) is 0.811. The summed E-state index contributed by atoms with van der Waals surface area (Å²) >= 11 is 0. The Morgan fingerprint density at radius 2 is 1.57 bits per heavy atom. The molecule has 0 aromatic heterocycles. The molecule has 5 heteroatoms. The number of hydrogen-bond acceptors (Lipinski definition) is 4. The van der Waals surface area contributed by atoms with Gasteiger partial charge in [-0.25, -0.2) is 4.21 Å². The van der Waals surface area contributed by atoms with Crippen LogP contribution >= 0.6 is 0 Å². The molecule has 2 atom stereocenters. The first-order valence-electron chi connectivity index (χ1n) is 6.66. The molecule has 2 rings (SSSR count). The zero-order valence-electron chi connectivity index (χ0n) is 11.9. The van der Waals surface area contributed by atoms with Crippen LogP contribution in [0, 0.1) is 6.92 Å². The Morgan fingerprint density at radius 3 is 2.05 bits per heavy atom. The molecule has 0 bridgehead atoms. The molecule has 21 heavy (non-hydrogen) atoms. The van der Waals surface area contributed by atoms with E-state index >= 15 is 0 Å². The third-order valence-electron chi connectivity index (χ3n) is 3.41. The van der Waals surface area contributed by atoms with Crippen molar-refractivity contribution >= 4 is 10.8 Å². The van der Waals surface area contributed by atoms with Crippen LogP contribution in [0.5, 0.6) is 11.5 Å². The van der Waals surface area contributed by atoms with E-state index in [-0.39, 0.29) is 11.5 Å². The number of phenols is 2. The molecule has 0 aliphatic rings. The molecule has 0 heterocycles. The highest BCUT2D eigenvalue weighted by Gasteiger charge is 2.13. The number of benzene rings is 2. The second-order valence-electron chi connectivity index (χ2n) is 4.85. The molecular weight excluding hydrogens is 288 g/mol. The van der Waals surface area contributed by atoms with Crippen molar-refractivity contribution in [2.45, 2.75) is 36.2 Å². The molecule has 4 nitrogen and oxygen atoms in total. The van der Waals surface area contributed by atoms with Crippen LogP contribution in [-0.2, 0) is 10.8 Å². The summed E-state index contributed by atoms with van der Waals surface area (Å²) in [6.07, 6.45) is 0.0854. The van der Waals surface area contributed by atoms with Gasteiger partial charge in [0.1, 0.15) is 11.5 Å². The fourth-order valence-electron chi connectivity index (χ4n) is 1.95. The van der Waals surface area contributed by atoms with Gasteiger partial charge in [-0.2, -0.15) is 0 Å². The van der Waals surface area contributed by atoms with E-state index in [2.05, 4.69) is 0 Å². The zero-order valence-corrected chi connectivity index (χ0v) is 12.7. The summed E-state index contributed by atoms with van der Waals surface area (Å²) in [5.74, 6) is -0.173. The summed E-state index contributed by atoms with van der Waals surface area (Å²) in [5, 5.41) is 29.1. The van der Waals surface area contributed by atoms with Crippen molar-refractivity contribution < 1.29 is 19.5 Å². The van der Waals surface area contributed by atoms with Gasteiger partial charge in [-0.1, -0.05) is 19.1 Å². The molecule has 2 aromatic carbocycles. The first-order chi connectivity index (χ1) is 9.93. The fourth-order valence-corrected chi connectivity index (χ4v) is 3.04. The van der Waals surface area contributed by atoms with Gasteiger partial charge in [-0.05, 0) is 43.2 Å². The smallest absolute Gasteiger partial charge is 0.123 e. The van der Waals surface area contributed by atoms with Crippen LogP contribution in [0.4, 0.5) is 0 Å². The molecule has 3 N–H and O–H groups in total. The number of phenolic OH excluding ortho intramolecular Hbond substituents is 2. The number of aliphatic hydroxyl groups excluding tert-OH is 1. The Bertz CT molecular complexity index is 641. The van der Waals surface area contributed by atoms with Crippen LogP contribution in [0.1, 0.15) is 30.6 Å². The lowest BCUT2D eigenvalue weighted by molar-refractivity contribution is 0.173. The minimum absolute atomic E-state index is 0.0867. The lowest BCUT2D eigenvalue weighted by Crippen LogP contribution is -1.97. The average molecular weight is 306 g/mol. The van der Waals surface area contributed by atoms with E-state index in [0.717, 1.165) is 5.56 Å². The molecule has 0 saturated heterocycles. The van der Waals surface area contributed by atoms with Crippen LogP contribution in [-0.4, -0.2) is 19.5 Å². The molecule has 112 valence electrons. The van der Waals surface area contributed by atoms with Gasteiger partial charge in [-0.15, -0.1) is 0 Å². The minimum Gasteiger partial charge on any atom is -0.507 e. The monoisotopic (exact) mass is 306 g/mol. The van der Waals surface area contributed by atoms with Crippen molar-refractivity contribution in [3.63, 3.8) is 0 Å². The Balaban J connectivity index is 2.32. The maximum atomic E-state index is 12.4. The molecule has 0 aliphatic carbocycles. The molecule has 0 radical (unpaired) electrons. The van der Waals surface area contributed by atoms with E-state index in [9.17, 15) is 19.5 Å². The largest absolute Gasteiger partial charge is 0.507 e. The number of aromatic hydroxyl groups is 2. The first-order valence-corrected chi connectivity index (χ1v) is 7.81. The second-order valence-corrected chi connectivity index (χ2v) is 6.33. The molecule has 0 spiro atoms. The van der Waals surface area contributed by atoms with E-state index in [1.165, 1.54) is 12.1 Å². The Labute approximate surface area is 126 Å². The van der Waals surface area contributed by atoms with E-state index in [1.807, 2.05) is 6.92 Å². The highest BCUT2D eigenvalue weighted by atomic mass is 32.2. The molecule has 0 saturated carbocycles. The van der Waals surface area contributed by atoms with Crippen molar-refractivity contribution in [2.75, 3.05) is 0 Å². The van der Waals surface area contributed by atoms with E-state index in [0.29, 0.717) is 21.8 Å². The minimum atomic E-state index is -1.50. The summed E-state index contributed by atoms with van der Waals surface area (Å²) in [6, 6.07) is 9.60.